The van der Waals surface area contributed by atoms with Gasteiger partial charge in [-0.1, -0.05) is 51.2 Å². The molecule has 3 aromatic rings. The molecule has 2 N–H and O–H groups in total. The fourth-order valence-electron chi connectivity index (χ4n) is 6.42. The van der Waals surface area contributed by atoms with E-state index in [1.54, 1.807) is 38.5 Å². The summed E-state index contributed by atoms with van der Waals surface area (Å²) in [7, 11) is 5.30. The molecule has 1 unspecified atom stereocenters. The molecule has 0 spiro atoms. The molecule has 2 aliphatic heterocycles. The Bertz CT molecular complexity index is 1940. The number of ketones is 1. The summed E-state index contributed by atoms with van der Waals surface area (Å²) in [6, 6.07) is 11.4. The molecular formula is C39H43N4O6+. The molecule has 10 nitrogen and oxygen atoms in total. The number of Topliss-reactive ketones (excluding diaryl/α,β-unsaturated/α-hetero) is 1. The van der Waals surface area contributed by atoms with Crippen molar-refractivity contribution >= 4 is 34.2 Å². The molecule has 1 atom stereocenters. The van der Waals surface area contributed by atoms with Gasteiger partial charge in [0.2, 0.25) is 17.1 Å². The predicted octanol–water partition coefficient (Wildman–Crippen LogP) is 4.50. The first-order valence-electron chi connectivity index (χ1n) is 16.4. The number of aryl methyl sites for hydroxylation is 1. The Morgan fingerprint density at radius 2 is 1.69 bits per heavy atom. The van der Waals surface area contributed by atoms with E-state index in [4.69, 9.17) is 14.2 Å². The van der Waals surface area contributed by atoms with E-state index in [1.165, 1.54) is 0 Å². The lowest BCUT2D eigenvalue weighted by atomic mass is 9.86. The zero-order chi connectivity index (χ0) is 34.9. The number of aromatic nitrogens is 1. The van der Waals surface area contributed by atoms with E-state index in [2.05, 4.69) is 38.3 Å². The lowest BCUT2D eigenvalue weighted by Gasteiger charge is -2.41. The highest BCUT2D eigenvalue weighted by molar-refractivity contribution is 5.98. The summed E-state index contributed by atoms with van der Waals surface area (Å²) < 4.78 is 19.5. The molecule has 6 rings (SSSR count). The SMILES string of the molecule is COc1cc2cc3c([n+](C)c2cc1OC)-c1ccc(N2CC(C(=O)NC(CNC(=O)C4=C/C=C\C=C/C=C\4)C(=O)C(C)(C)C)C2)cc1OC3. The Morgan fingerprint density at radius 1 is 0.980 bits per heavy atom. The van der Waals surface area contributed by atoms with E-state index < -0.39 is 11.5 Å². The van der Waals surface area contributed by atoms with Gasteiger partial charge in [0, 0.05) is 42.4 Å². The Hall–Kier alpha value is -5.38. The third kappa shape index (κ3) is 6.81. The summed E-state index contributed by atoms with van der Waals surface area (Å²) in [5.74, 6) is 1.15. The van der Waals surface area contributed by atoms with Crippen LogP contribution < -0.4 is 34.3 Å². The van der Waals surface area contributed by atoms with E-state index in [9.17, 15) is 14.4 Å². The number of carbonyl (C=O) groups is 3. The molecule has 2 aromatic carbocycles. The molecule has 1 fully saturated rings. The first kappa shape index (κ1) is 33.5. The first-order chi connectivity index (χ1) is 23.5. The molecule has 254 valence electrons. The Kier molecular flexibility index (Phi) is 9.32. The molecule has 2 amide bonds. The maximum atomic E-state index is 13.4. The minimum absolute atomic E-state index is 0.00147. The lowest BCUT2D eigenvalue weighted by Crippen LogP contribution is -2.59. The average molecular weight is 664 g/mol. The molecule has 0 saturated carbocycles. The van der Waals surface area contributed by atoms with Crippen molar-refractivity contribution < 1.29 is 33.2 Å². The molecule has 1 saturated heterocycles. The van der Waals surface area contributed by atoms with Gasteiger partial charge in [-0.15, -0.1) is 0 Å². The number of benzene rings is 2. The van der Waals surface area contributed by atoms with Crippen molar-refractivity contribution in [3.05, 3.63) is 90.1 Å². The van der Waals surface area contributed by atoms with Crippen molar-refractivity contribution in [2.75, 3.05) is 38.8 Å². The summed E-state index contributed by atoms with van der Waals surface area (Å²) in [5, 5.41) is 6.81. The third-order valence-electron chi connectivity index (χ3n) is 9.18. The van der Waals surface area contributed by atoms with E-state index in [0.29, 0.717) is 36.8 Å². The fourth-order valence-corrected chi connectivity index (χ4v) is 6.42. The summed E-state index contributed by atoms with van der Waals surface area (Å²) in [4.78, 5) is 41.7. The number of fused-ring (bicyclic) bond motifs is 4. The van der Waals surface area contributed by atoms with Crippen molar-refractivity contribution in [1.29, 1.82) is 0 Å². The van der Waals surface area contributed by atoms with Crippen molar-refractivity contribution in [3.63, 3.8) is 0 Å². The largest absolute Gasteiger partial charge is 0.493 e. The van der Waals surface area contributed by atoms with Crippen LogP contribution in [0.5, 0.6) is 17.2 Å². The number of anilines is 1. The van der Waals surface area contributed by atoms with Crippen LogP contribution >= 0.6 is 0 Å². The standard InChI is InChI=1S/C39H42N4O6/c1-39(2,3)36(44)30(20-40-37(45)24-12-10-8-7-9-11-13-24)41-38(46)27-21-43(22-27)28-14-15-29-32(18-28)49-23-26-16-25-17-33(47-5)34(48-6)19-31(25)42(4)35(26)29/h7-19,27,30H,20-23H2,1-6H3,(H-,40,41,45,46)/p+1/b8-7-,9-7?,10-8?,11-9-,12-10-,13-11?,24-12?,24-13+. The van der Waals surface area contributed by atoms with Gasteiger partial charge in [-0.25, -0.2) is 0 Å². The number of methoxy groups -OCH3 is 2. The quantitative estimate of drug-likeness (QED) is 0.325. The number of hydrogen-bond donors (Lipinski definition) is 2. The second-order valence-electron chi connectivity index (χ2n) is 13.6. The molecule has 49 heavy (non-hydrogen) atoms. The Morgan fingerprint density at radius 3 is 2.43 bits per heavy atom. The van der Waals surface area contributed by atoms with Crippen molar-refractivity contribution in [3.8, 4) is 28.5 Å². The minimum Gasteiger partial charge on any atom is -0.493 e. The van der Waals surface area contributed by atoms with E-state index >= 15 is 0 Å². The van der Waals surface area contributed by atoms with E-state index in [-0.39, 0.29) is 30.1 Å². The summed E-state index contributed by atoms with van der Waals surface area (Å²) >= 11 is 0. The van der Waals surface area contributed by atoms with Gasteiger partial charge in [-0.05, 0) is 36.4 Å². The number of pyridine rings is 1. The average Bonchev–Trinajstić information content (AvgIpc) is 3.04. The van der Waals surface area contributed by atoms with Crippen LogP contribution in [-0.2, 0) is 28.0 Å². The van der Waals surface area contributed by atoms with Crippen LogP contribution in [0.1, 0.15) is 26.3 Å². The van der Waals surface area contributed by atoms with Crippen LogP contribution in [0.25, 0.3) is 22.2 Å². The highest BCUT2D eigenvalue weighted by Gasteiger charge is 2.38. The Balaban J connectivity index is 1.13. The minimum atomic E-state index is -0.853. The molecule has 1 aromatic heterocycles. The number of hydrogen-bond acceptors (Lipinski definition) is 7. The van der Waals surface area contributed by atoms with Crippen LogP contribution in [0.3, 0.4) is 0 Å². The topological polar surface area (TPSA) is 110 Å². The monoisotopic (exact) mass is 663 g/mol. The van der Waals surface area contributed by atoms with Gasteiger partial charge in [0.1, 0.15) is 25.4 Å². The number of carbonyl (C=O) groups excluding carboxylic acids is 3. The zero-order valence-electron chi connectivity index (χ0n) is 28.8. The zero-order valence-corrected chi connectivity index (χ0v) is 28.8. The van der Waals surface area contributed by atoms with Crippen LogP contribution in [0.15, 0.2) is 84.5 Å². The smallest absolute Gasteiger partial charge is 0.251 e. The number of allylic oxidation sites excluding steroid dienone is 6. The number of ether oxygens (including phenoxy) is 3. The van der Waals surface area contributed by atoms with E-state index in [1.807, 2.05) is 64.2 Å². The first-order valence-corrected chi connectivity index (χ1v) is 16.4. The normalized spacial score (nSPS) is 18.9. The molecule has 0 bridgehead atoms. The molecule has 1 aliphatic carbocycles. The van der Waals surface area contributed by atoms with Gasteiger partial charge in [-0.2, -0.15) is 4.57 Å². The summed E-state index contributed by atoms with van der Waals surface area (Å²) in [6.07, 6.45) is 12.5. The second-order valence-corrected chi connectivity index (χ2v) is 13.6. The molecule has 3 heterocycles. The maximum absolute atomic E-state index is 13.4. The van der Waals surface area contributed by atoms with Crippen molar-refractivity contribution in [2.24, 2.45) is 18.4 Å². The highest BCUT2D eigenvalue weighted by atomic mass is 16.5. The summed E-state index contributed by atoms with van der Waals surface area (Å²) in [5.41, 5.74) is 4.86. The number of nitrogens with one attached hydrogen (secondary N) is 2. The molecule has 0 radical (unpaired) electrons. The second kappa shape index (κ2) is 13.6. The van der Waals surface area contributed by atoms with Gasteiger partial charge >= 0.3 is 0 Å². The van der Waals surface area contributed by atoms with Gasteiger partial charge in [-0.3, -0.25) is 14.4 Å². The van der Waals surface area contributed by atoms with Crippen LogP contribution in [-0.4, -0.2) is 57.5 Å². The molecule has 3 aliphatic rings. The van der Waals surface area contributed by atoms with Gasteiger partial charge in [0.25, 0.3) is 5.91 Å². The number of rotatable bonds is 9. The van der Waals surface area contributed by atoms with Crippen LogP contribution in [0.4, 0.5) is 5.69 Å². The molecular weight excluding hydrogens is 620 g/mol. The maximum Gasteiger partial charge on any atom is 0.251 e. The van der Waals surface area contributed by atoms with Gasteiger partial charge < -0.3 is 29.7 Å². The number of nitrogens with zero attached hydrogens (tertiary/aromatic N) is 2. The van der Waals surface area contributed by atoms with Crippen molar-refractivity contribution in [1.82, 2.24) is 10.6 Å². The third-order valence-corrected chi connectivity index (χ3v) is 9.18. The molecule has 10 heteroatoms. The fraction of sp³-hybridized carbons (Fsp3) is 0.333. The number of amides is 2. The van der Waals surface area contributed by atoms with Crippen LogP contribution in [0, 0.1) is 11.3 Å². The summed E-state index contributed by atoms with van der Waals surface area (Å²) in [6.45, 7) is 6.86. The predicted molar refractivity (Wildman–Crippen MR) is 189 cm³/mol. The van der Waals surface area contributed by atoms with Crippen molar-refractivity contribution in [2.45, 2.75) is 33.4 Å². The lowest BCUT2D eigenvalue weighted by molar-refractivity contribution is -0.634. The highest BCUT2D eigenvalue weighted by Crippen LogP contribution is 2.41. The Labute approximate surface area is 286 Å². The van der Waals surface area contributed by atoms with Crippen LogP contribution in [0.2, 0.25) is 0 Å². The van der Waals surface area contributed by atoms with Gasteiger partial charge in [0.15, 0.2) is 17.3 Å². The van der Waals surface area contributed by atoms with E-state index in [0.717, 1.165) is 39.2 Å². The van der Waals surface area contributed by atoms with Gasteiger partial charge in [0.05, 0.1) is 42.7 Å².